The maximum absolute atomic E-state index is 11.7. The monoisotopic (exact) mass is 284 g/mol. The first-order valence-electron chi connectivity index (χ1n) is 6.99. The number of hydrogen-bond donors (Lipinski definition) is 2. The molecular weight excluding hydrogens is 260 g/mol. The molecule has 1 rings (SSSR count). The van der Waals surface area contributed by atoms with Gasteiger partial charge in [-0.1, -0.05) is 44.9 Å². The van der Waals surface area contributed by atoms with Gasteiger partial charge in [0, 0.05) is 12.5 Å². The van der Waals surface area contributed by atoms with Gasteiger partial charge in [0.05, 0.1) is 5.75 Å². The van der Waals surface area contributed by atoms with Crippen LogP contribution in [-0.4, -0.2) is 32.9 Å². The molecule has 1 heterocycles. The minimum Gasteiger partial charge on any atom is -0.353 e. The van der Waals surface area contributed by atoms with Crippen molar-refractivity contribution in [3.05, 3.63) is 5.82 Å². The van der Waals surface area contributed by atoms with E-state index in [1.807, 2.05) is 6.92 Å². The van der Waals surface area contributed by atoms with E-state index in [9.17, 15) is 4.79 Å². The van der Waals surface area contributed by atoms with E-state index in [1.165, 1.54) is 31.0 Å². The lowest BCUT2D eigenvalue weighted by atomic mass is 10.1. The van der Waals surface area contributed by atoms with E-state index in [2.05, 4.69) is 34.3 Å². The number of unbranched alkanes of at least 4 members (excludes halogenated alkanes) is 2. The molecule has 1 aromatic heterocycles. The summed E-state index contributed by atoms with van der Waals surface area (Å²) >= 11 is 1.37. The van der Waals surface area contributed by atoms with Crippen LogP contribution in [0.4, 0.5) is 0 Å². The van der Waals surface area contributed by atoms with Crippen LogP contribution in [0, 0.1) is 0 Å². The summed E-state index contributed by atoms with van der Waals surface area (Å²) in [6, 6.07) is 0.248. The van der Waals surface area contributed by atoms with E-state index in [-0.39, 0.29) is 11.9 Å². The molecule has 0 spiro atoms. The molecule has 0 radical (unpaired) electrons. The quantitative estimate of drug-likeness (QED) is 0.540. The fraction of sp³-hybridized carbons (Fsp3) is 0.769. The Labute approximate surface area is 119 Å². The highest BCUT2D eigenvalue weighted by Crippen LogP contribution is 2.12. The van der Waals surface area contributed by atoms with Gasteiger partial charge < -0.3 is 5.32 Å². The number of aromatic nitrogens is 3. The van der Waals surface area contributed by atoms with Gasteiger partial charge in [-0.2, -0.15) is 0 Å². The number of thioether (sulfide) groups is 1. The number of aromatic amines is 1. The zero-order valence-electron chi connectivity index (χ0n) is 12.0. The first-order chi connectivity index (χ1) is 9.15. The second-order valence-corrected chi connectivity index (χ2v) is 5.61. The van der Waals surface area contributed by atoms with Gasteiger partial charge in [-0.05, 0) is 13.3 Å². The number of amides is 1. The van der Waals surface area contributed by atoms with Crippen LogP contribution in [0.25, 0.3) is 0 Å². The van der Waals surface area contributed by atoms with Crippen LogP contribution in [-0.2, 0) is 11.2 Å². The van der Waals surface area contributed by atoms with Gasteiger partial charge in [0.1, 0.15) is 5.82 Å². The van der Waals surface area contributed by atoms with Gasteiger partial charge in [0.25, 0.3) is 0 Å². The van der Waals surface area contributed by atoms with Gasteiger partial charge in [-0.3, -0.25) is 9.89 Å². The number of aryl methyl sites for hydroxylation is 1. The lowest BCUT2D eigenvalue weighted by molar-refractivity contribution is -0.119. The van der Waals surface area contributed by atoms with Crippen molar-refractivity contribution in [3.63, 3.8) is 0 Å². The summed E-state index contributed by atoms with van der Waals surface area (Å²) in [5.74, 6) is 1.28. The molecule has 1 amide bonds. The predicted octanol–water partition coefficient (Wildman–Crippen LogP) is 2.54. The zero-order valence-corrected chi connectivity index (χ0v) is 12.8. The minimum atomic E-state index is 0.0526. The molecule has 5 nitrogen and oxygen atoms in total. The van der Waals surface area contributed by atoms with Crippen LogP contribution < -0.4 is 5.32 Å². The SMILES string of the molecule is CCCCCC(C)NC(=O)CSc1n[nH]c(CC)n1. The van der Waals surface area contributed by atoms with E-state index >= 15 is 0 Å². The maximum Gasteiger partial charge on any atom is 0.230 e. The van der Waals surface area contributed by atoms with Crippen molar-refractivity contribution in [2.24, 2.45) is 0 Å². The van der Waals surface area contributed by atoms with Crippen molar-refractivity contribution < 1.29 is 4.79 Å². The average Bonchev–Trinajstić information content (AvgIpc) is 2.84. The van der Waals surface area contributed by atoms with Crippen molar-refractivity contribution in [2.75, 3.05) is 5.75 Å². The number of H-pyrrole nitrogens is 1. The minimum absolute atomic E-state index is 0.0526. The predicted molar refractivity (Wildman–Crippen MR) is 78.2 cm³/mol. The molecule has 0 fully saturated rings. The normalized spacial score (nSPS) is 12.4. The standard InChI is InChI=1S/C13H24N4OS/c1-4-6-7-8-10(3)14-12(18)9-19-13-15-11(5-2)16-17-13/h10H,4-9H2,1-3H3,(H,14,18)(H,15,16,17). The Morgan fingerprint density at radius 2 is 2.21 bits per heavy atom. The van der Waals surface area contributed by atoms with Crippen molar-refractivity contribution in [2.45, 2.75) is 64.1 Å². The molecule has 0 saturated carbocycles. The lowest BCUT2D eigenvalue weighted by Gasteiger charge is -2.12. The first kappa shape index (κ1) is 16.0. The fourth-order valence-electron chi connectivity index (χ4n) is 1.72. The van der Waals surface area contributed by atoms with Gasteiger partial charge in [-0.25, -0.2) is 4.98 Å². The largest absolute Gasteiger partial charge is 0.353 e. The molecule has 2 N–H and O–H groups in total. The lowest BCUT2D eigenvalue weighted by Crippen LogP contribution is -2.33. The molecule has 19 heavy (non-hydrogen) atoms. The van der Waals surface area contributed by atoms with Crippen molar-refractivity contribution in [1.82, 2.24) is 20.5 Å². The second kappa shape index (κ2) is 8.96. The third-order valence-corrected chi connectivity index (χ3v) is 3.67. The van der Waals surface area contributed by atoms with Gasteiger partial charge in [0.2, 0.25) is 11.1 Å². The molecule has 108 valence electrons. The van der Waals surface area contributed by atoms with Gasteiger partial charge in [0.15, 0.2) is 0 Å². The van der Waals surface area contributed by atoms with E-state index in [4.69, 9.17) is 0 Å². The topological polar surface area (TPSA) is 70.7 Å². The molecule has 1 atom stereocenters. The molecule has 0 aliphatic carbocycles. The Balaban J connectivity index is 2.20. The molecular formula is C13H24N4OS. The number of rotatable bonds is 9. The van der Waals surface area contributed by atoms with Crippen molar-refractivity contribution in [1.29, 1.82) is 0 Å². The summed E-state index contributed by atoms with van der Waals surface area (Å²) in [5, 5.41) is 10.5. The number of carbonyl (C=O) groups is 1. The molecule has 1 aromatic rings. The Hall–Kier alpha value is -1.04. The van der Waals surface area contributed by atoms with Gasteiger partial charge >= 0.3 is 0 Å². The van der Waals surface area contributed by atoms with Crippen LogP contribution in [0.2, 0.25) is 0 Å². The van der Waals surface area contributed by atoms with Crippen LogP contribution in [0.5, 0.6) is 0 Å². The molecule has 0 aromatic carbocycles. The molecule has 0 bridgehead atoms. The smallest absolute Gasteiger partial charge is 0.230 e. The summed E-state index contributed by atoms with van der Waals surface area (Å²) < 4.78 is 0. The maximum atomic E-state index is 11.7. The van der Waals surface area contributed by atoms with E-state index < -0.39 is 0 Å². The number of nitrogens with zero attached hydrogens (tertiary/aromatic N) is 2. The number of hydrogen-bond acceptors (Lipinski definition) is 4. The van der Waals surface area contributed by atoms with Gasteiger partial charge in [-0.15, -0.1) is 5.10 Å². The first-order valence-corrected chi connectivity index (χ1v) is 7.97. The molecule has 6 heteroatoms. The molecule has 0 saturated heterocycles. The Bertz CT molecular complexity index is 380. The summed E-state index contributed by atoms with van der Waals surface area (Å²) in [6.07, 6.45) is 5.48. The molecule has 1 unspecified atom stereocenters. The summed E-state index contributed by atoms with van der Waals surface area (Å²) in [7, 11) is 0. The Morgan fingerprint density at radius 3 is 2.84 bits per heavy atom. The summed E-state index contributed by atoms with van der Waals surface area (Å²) in [6.45, 7) is 6.25. The second-order valence-electron chi connectivity index (χ2n) is 4.67. The highest BCUT2D eigenvalue weighted by molar-refractivity contribution is 7.99. The van der Waals surface area contributed by atoms with Crippen molar-refractivity contribution in [3.8, 4) is 0 Å². The van der Waals surface area contributed by atoms with E-state index in [1.54, 1.807) is 0 Å². The molecule has 0 aliphatic heterocycles. The third kappa shape index (κ3) is 6.61. The number of nitrogens with one attached hydrogen (secondary N) is 2. The van der Waals surface area contributed by atoms with Crippen LogP contribution in [0.3, 0.4) is 0 Å². The average molecular weight is 284 g/mol. The van der Waals surface area contributed by atoms with E-state index in [0.29, 0.717) is 10.9 Å². The van der Waals surface area contributed by atoms with Crippen LogP contribution in [0.1, 0.15) is 52.3 Å². The van der Waals surface area contributed by atoms with E-state index in [0.717, 1.165) is 18.7 Å². The highest BCUT2D eigenvalue weighted by atomic mass is 32.2. The zero-order chi connectivity index (χ0) is 14.1. The highest BCUT2D eigenvalue weighted by Gasteiger charge is 2.09. The summed E-state index contributed by atoms with van der Waals surface area (Å²) in [4.78, 5) is 16.0. The Morgan fingerprint density at radius 1 is 1.42 bits per heavy atom. The summed E-state index contributed by atoms with van der Waals surface area (Å²) in [5.41, 5.74) is 0. The van der Waals surface area contributed by atoms with Crippen LogP contribution in [0.15, 0.2) is 5.16 Å². The number of carbonyl (C=O) groups excluding carboxylic acids is 1. The molecule has 0 aliphatic rings. The van der Waals surface area contributed by atoms with Crippen LogP contribution >= 0.6 is 11.8 Å². The Kier molecular flexibility index (Phi) is 7.55. The van der Waals surface area contributed by atoms with Crippen molar-refractivity contribution >= 4 is 17.7 Å². The third-order valence-electron chi connectivity index (χ3n) is 2.83. The fourth-order valence-corrected chi connectivity index (χ4v) is 2.35.